The fraction of sp³-hybridized carbons (Fsp3) is 0.333. The molecule has 0 aliphatic heterocycles. The summed E-state index contributed by atoms with van der Waals surface area (Å²) in [5.74, 6) is 1.37. The Hall–Kier alpha value is -1.53. The maximum atomic E-state index is 12.4. The van der Waals surface area contributed by atoms with Gasteiger partial charge in [-0.15, -0.1) is 24.8 Å². The molecule has 3 N–H and O–H groups in total. The first-order chi connectivity index (χ1) is 11.7. The monoisotopic (exact) mass is 417 g/mol. The highest BCUT2D eigenvalue weighted by molar-refractivity contribution is 6.32. The molecule has 1 fully saturated rings. The van der Waals surface area contributed by atoms with Crippen LogP contribution in [0, 0.1) is 5.92 Å². The van der Waals surface area contributed by atoms with Gasteiger partial charge in [-0.25, -0.2) is 0 Å². The van der Waals surface area contributed by atoms with Crippen molar-refractivity contribution in [3.63, 3.8) is 0 Å². The van der Waals surface area contributed by atoms with Crippen molar-refractivity contribution in [1.29, 1.82) is 0 Å². The lowest BCUT2D eigenvalue weighted by Gasteiger charge is -2.19. The largest absolute Gasteiger partial charge is 0.456 e. The number of carbonyl (C=O) groups excluding carboxylic acids is 1. The summed E-state index contributed by atoms with van der Waals surface area (Å²) in [6, 6.07) is 8.67. The molecule has 1 aromatic carbocycles. The molecule has 2 unspecified atom stereocenters. The first-order valence-corrected chi connectivity index (χ1v) is 8.43. The van der Waals surface area contributed by atoms with Crippen molar-refractivity contribution in [2.24, 2.45) is 11.7 Å². The Morgan fingerprint density at radius 2 is 1.96 bits per heavy atom. The smallest absolute Gasteiger partial charge is 0.251 e. The molecule has 2 atom stereocenters. The standard InChI is InChI=1S/C18H20ClN3O2.2ClH/c19-15-10-12(18(23)22-16-3-1-2-13(16)11-20)4-5-17(15)24-14-6-8-21-9-7-14;;/h4-10,13,16H,1-3,11,20H2,(H,22,23);2*1H. The first-order valence-electron chi connectivity index (χ1n) is 8.05. The molecule has 5 nitrogen and oxygen atoms in total. The van der Waals surface area contributed by atoms with Crippen LogP contribution in [-0.2, 0) is 0 Å². The van der Waals surface area contributed by atoms with E-state index in [0.29, 0.717) is 34.5 Å². The second kappa shape index (κ2) is 10.6. The fourth-order valence-electron chi connectivity index (χ4n) is 3.02. The molecule has 8 heteroatoms. The van der Waals surface area contributed by atoms with Crippen LogP contribution < -0.4 is 15.8 Å². The zero-order valence-corrected chi connectivity index (χ0v) is 16.4. The number of nitrogens with one attached hydrogen (secondary N) is 1. The molecule has 1 heterocycles. The molecular formula is C18H22Cl3N3O2. The van der Waals surface area contributed by atoms with Crippen molar-refractivity contribution >= 4 is 42.3 Å². The van der Waals surface area contributed by atoms with Crippen LogP contribution in [0.1, 0.15) is 29.6 Å². The SMILES string of the molecule is Cl.Cl.NCC1CCCC1NC(=O)c1ccc(Oc2ccncc2)c(Cl)c1. The van der Waals surface area contributed by atoms with Gasteiger partial charge in [0.25, 0.3) is 5.91 Å². The summed E-state index contributed by atoms with van der Waals surface area (Å²) in [5, 5.41) is 3.46. The Balaban J connectivity index is 0.00000169. The second-order valence-corrected chi connectivity index (χ2v) is 6.34. The van der Waals surface area contributed by atoms with Crippen molar-refractivity contribution < 1.29 is 9.53 Å². The van der Waals surface area contributed by atoms with E-state index in [1.165, 1.54) is 0 Å². The topological polar surface area (TPSA) is 77.2 Å². The number of rotatable bonds is 5. The van der Waals surface area contributed by atoms with Gasteiger partial charge in [0, 0.05) is 24.0 Å². The predicted octanol–water partition coefficient (Wildman–Crippen LogP) is 4.23. The Morgan fingerprint density at radius 3 is 2.62 bits per heavy atom. The Morgan fingerprint density at radius 1 is 1.23 bits per heavy atom. The third-order valence-corrected chi connectivity index (χ3v) is 4.65. The van der Waals surface area contributed by atoms with E-state index < -0.39 is 0 Å². The summed E-state index contributed by atoms with van der Waals surface area (Å²) in [6.07, 6.45) is 6.43. The number of ether oxygens (including phenoxy) is 1. The van der Waals surface area contributed by atoms with Gasteiger partial charge >= 0.3 is 0 Å². The Bertz CT molecular complexity index is 716. The number of nitrogens with zero attached hydrogens (tertiary/aromatic N) is 1. The van der Waals surface area contributed by atoms with E-state index in [1.54, 1.807) is 42.7 Å². The van der Waals surface area contributed by atoms with Gasteiger partial charge in [0.1, 0.15) is 11.5 Å². The molecule has 2 aromatic rings. The van der Waals surface area contributed by atoms with Gasteiger partial charge in [-0.2, -0.15) is 0 Å². The maximum Gasteiger partial charge on any atom is 0.251 e. The lowest BCUT2D eigenvalue weighted by molar-refractivity contribution is 0.0929. The summed E-state index contributed by atoms with van der Waals surface area (Å²) in [7, 11) is 0. The number of halogens is 3. The third-order valence-electron chi connectivity index (χ3n) is 4.35. The van der Waals surface area contributed by atoms with Gasteiger partial charge in [-0.05, 0) is 55.6 Å². The Kier molecular flexibility index (Phi) is 9.16. The van der Waals surface area contributed by atoms with E-state index >= 15 is 0 Å². The highest BCUT2D eigenvalue weighted by Crippen LogP contribution is 2.30. The number of benzene rings is 1. The first kappa shape index (κ1) is 22.5. The van der Waals surface area contributed by atoms with Gasteiger partial charge in [0.15, 0.2) is 0 Å². The average molecular weight is 419 g/mol. The van der Waals surface area contributed by atoms with Crippen molar-refractivity contribution in [2.75, 3.05) is 6.54 Å². The number of carbonyl (C=O) groups is 1. The molecule has 0 bridgehead atoms. The van der Waals surface area contributed by atoms with Gasteiger partial charge in [0.05, 0.1) is 5.02 Å². The van der Waals surface area contributed by atoms with Crippen LogP contribution in [0.5, 0.6) is 11.5 Å². The van der Waals surface area contributed by atoms with Gasteiger partial charge < -0.3 is 15.8 Å². The molecule has 1 aliphatic rings. The third kappa shape index (κ3) is 5.48. The molecule has 3 rings (SSSR count). The van der Waals surface area contributed by atoms with Crippen LogP contribution in [0.4, 0.5) is 0 Å². The molecule has 1 aliphatic carbocycles. The number of hydrogen-bond donors (Lipinski definition) is 2. The van der Waals surface area contributed by atoms with Gasteiger partial charge in [0.2, 0.25) is 0 Å². The summed E-state index contributed by atoms with van der Waals surface area (Å²) in [4.78, 5) is 16.4. The van der Waals surface area contributed by atoms with Crippen LogP contribution in [0.25, 0.3) is 0 Å². The molecular weight excluding hydrogens is 397 g/mol. The molecule has 0 spiro atoms. The van der Waals surface area contributed by atoms with Crippen LogP contribution in [0.2, 0.25) is 5.02 Å². The highest BCUT2D eigenvalue weighted by atomic mass is 35.5. The molecule has 1 saturated carbocycles. The number of pyridine rings is 1. The molecule has 26 heavy (non-hydrogen) atoms. The highest BCUT2D eigenvalue weighted by Gasteiger charge is 2.27. The lowest BCUT2D eigenvalue weighted by Crippen LogP contribution is -2.39. The molecule has 0 radical (unpaired) electrons. The number of amides is 1. The van der Waals surface area contributed by atoms with Crippen molar-refractivity contribution in [3.8, 4) is 11.5 Å². The van der Waals surface area contributed by atoms with Crippen molar-refractivity contribution in [1.82, 2.24) is 10.3 Å². The number of aromatic nitrogens is 1. The molecule has 1 aromatic heterocycles. The zero-order chi connectivity index (χ0) is 16.9. The Labute approximate surface area is 170 Å². The predicted molar refractivity (Wildman–Crippen MR) is 108 cm³/mol. The average Bonchev–Trinajstić information content (AvgIpc) is 3.04. The second-order valence-electron chi connectivity index (χ2n) is 5.94. The van der Waals surface area contributed by atoms with E-state index in [0.717, 1.165) is 19.3 Å². The van der Waals surface area contributed by atoms with Crippen LogP contribution in [0.3, 0.4) is 0 Å². The quantitative estimate of drug-likeness (QED) is 0.762. The minimum Gasteiger partial charge on any atom is -0.456 e. The summed E-state index contributed by atoms with van der Waals surface area (Å²) >= 11 is 6.26. The van der Waals surface area contributed by atoms with Crippen molar-refractivity contribution in [3.05, 3.63) is 53.3 Å². The summed E-state index contributed by atoms with van der Waals surface area (Å²) < 4.78 is 5.69. The number of nitrogens with two attached hydrogens (primary N) is 1. The van der Waals surface area contributed by atoms with E-state index in [2.05, 4.69) is 10.3 Å². The summed E-state index contributed by atoms with van der Waals surface area (Å²) in [5.41, 5.74) is 6.28. The molecule has 0 saturated heterocycles. The summed E-state index contributed by atoms with van der Waals surface area (Å²) in [6.45, 7) is 0.602. The van der Waals surface area contributed by atoms with Crippen LogP contribution in [0.15, 0.2) is 42.7 Å². The molecule has 1 amide bonds. The van der Waals surface area contributed by atoms with E-state index in [9.17, 15) is 4.79 Å². The fourth-order valence-corrected chi connectivity index (χ4v) is 3.24. The number of hydrogen-bond acceptors (Lipinski definition) is 4. The van der Waals surface area contributed by atoms with Gasteiger partial charge in [-0.3, -0.25) is 9.78 Å². The minimum absolute atomic E-state index is 0. The van der Waals surface area contributed by atoms with Crippen LogP contribution >= 0.6 is 36.4 Å². The van der Waals surface area contributed by atoms with E-state index in [4.69, 9.17) is 22.1 Å². The van der Waals surface area contributed by atoms with E-state index in [1.807, 2.05) is 0 Å². The maximum absolute atomic E-state index is 12.4. The molecule has 142 valence electrons. The normalized spacial score (nSPS) is 18.4. The minimum atomic E-state index is -0.127. The zero-order valence-electron chi connectivity index (χ0n) is 14.1. The lowest BCUT2D eigenvalue weighted by atomic mass is 10.0. The van der Waals surface area contributed by atoms with Crippen LogP contribution in [-0.4, -0.2) is 23.5 Å². The van der Waals surface area contributed by atoms with Gasteiger partial charge in [-0.1, -0.05) is 18.0 Å². The van der Waals surface area contributed by atoms with Crippen molar-refractivity contribution in [2.45, 2.75) is 25.3 Å². The van der Waals surface area contributed by atoms with E-state index in [-0.39, 0.29) is 36.8 Å².